The molecule has 7 heteroatoms. The van der Waals surface area contributed by atoms with Crippen molar-refractivity contribution in [2.75, 3.05) is 43.0 Å². The highest BCUT2D eigenvalue weighted by Gasteiger charge is 2.23. The van der Waals surface area contributed by atoms with Gasteiger partial charge in [0.25, 0.3) is 5.91 Å². The molecule has 0 spiro atoms. The maximum atomic E-state index is 12.4. The van der Waals surface area contributed by atoms with E-state index in [4.69, 9.17) is 16.3 Å². The lowest BCUT2D eigenvalue weighted by atomic mass is 9.99. The second-order valence-electron chi connectivity index (χ2n) is 9.35. The van der Waals surface area contributed by atoms with Crippen LogP contribution < -0.4 is 15.0 Å². The molecule has 0 radical (unpaired) electrons. The van der Waals surface area contributed by atoms with Gasteiger partial charge in [-0.3, -0.25) is 9.59 Å². The van der Waals surface area contributed by atoms with Gasteiger partial charge in [0, 0.05) is 38.3 Å². The Hall–Kier alpha value is -2.73. The molecule has 6 nitrogen and oxygen atoms in total. The Morgan fingerprint density at radius 1 is 1.03 bits per heavy atom. The summed E-state index contributed by atoms with van der Waals surface area (Å²) in [7, 11) is 0. The van der Waals surface area contributed by atoms with Gasteiger partial charge in [-0.25, -0.2) is 0 Å². The number of hydrogen-bond acceptors (Lipinski definition) is 4. The number of hydrogen-bond donors (Lipinski definition) is 1. The number of nitrogens with zero attached hydrogens (tertiary/aromatic N) is 2. The van der Waals surface area contributed by atoms with Gasteiger partial charge in [-0.2, -0.15) is 0 Å². The summed E-state index contributed by atoms with van der Waals surface area (Å²) in [6.07, 6.45) is 1.67. The monoisotopic (exact) mass is 485 g/mol. The van der Waals surface area contributed by atoms with E-state index in [0.717, 1.165) is 25.2 Å². The number of anilines is 2. The standard InChI is InChI=1S/C27H36ClN3O3/c1-5-20(4)21-6-9-23(10-7-21)34-18-26(32)29-22-8-11-25(24(28)17-22)30-12-14-31(15-13-30)27(33)16-19(2)3/h6-11,17,19-20H,5,12-16,18H2,1-4H3,(H,29,32)/t20-/m0/s1. The van der Waals surface area contributed by atoms with Crippen LogP contribution >= 0.6 is 11.6 Å². The summed E-state index contributed by atoms with van der Waals surface area (Å²) in [4.78, 5) is 28.8. The summed E-state index contributed by atoms with van der Waals surface area (Å²) in [5.74, 6) is 1.51. The highest BCUT2D eigenvalue weighted by atomic mass is 35.5. The van der Waals surface area contributed by atoms with Crippen molar-refractivity contribution in [3.8, 4) is 5.75 Å². The van der Waals surface area contributed by atoms with Crippen LogP contribution in [0.15, 0.2) is 42.5 Å². The third-order valence-electron chi connectivity index (χ3n) is 6.22. The van der Waals surface area contributed by atoms with E-state index in [1.54, 1.807) is 6.07 Å². The Morgan fingerprint density at radius 2 is 1.71 bits per heavy atom. The third-order valence-corrected chi connectivity index (χ3v) is 6.52. The van der Waals surface area contributed by atoms with Crippen LogP contribution in [0.3, 0.4) is 0 Å². The second-order valence-corrected chi connectivity index (χ2v) is 9.75. The van der Waals surface area contributed by atoms with Crippen molar-refractivity contribution in [2.24, 2.45) is 5.92 Å². The molecular formula is C27H36ClN3O3. The van der Waals surface area contributed by atoms with Crippen molar-refractivity contribution in [1.29, 1.82) is 0 Å². The van der Waals surface area contributed by atoms with Crippen LogP contribution in [0.4, 0.5) is 11.4 Å². The molecule has 2 aromatic carbocycles. The first kappa shape index (κ1) is 25.9. The van der Waals surface area contributed by atoms with Gasteiger partial charge in [0.05, 0.1) is 10.7 Å². The zero-order chi connectivity index (χ0) is 24.7. The normalized spacial score (nSPS) is 14.8. The Balaban J connectivity index is 1.49. The molecule has 1 heterocycles. The highest BCUT2D eigenvalue weighted by molar-refractivity contribution is 6.33. The number of carbonyl (C=O) groups excluding carboxylic acids is 2. The molecule has 1 saturated heterocycles. The van der Waals surface area contributed by atoms with Crippen molar-refractivity contribution in [2.45, 2.75) is 46.5 Å². The predicted molar refractivity (Wildman–Crippen MR) is 139 cm³/mol. The van der Waals surface area contributed by atoms with Gasteiger partial charge in [0.15, 0.2) is 6.61 Å². The van der Waals surface area contributed by atoms with E-state index in [9.17, 15) is 9.59 Å². The minimum Gasteiger partial charge on any atom is -0.484 e. The number of carbonyl (C=O) groups is 2. The van der Waals surface area contributed by atoms with Crippen molar-refractivity contribution < 1.29 is 14.3 Å². The molecule has 1 atom stereocenters. The molecule has 0 aromatic heterocycles. The first-order valence-electron chi connectivity index (χ1n) is 12.1. The number of piperazine rings is 1. The number of benzene rings is 2. The summed E-state index contributed by atoms with van der Waals surface area (Å²) in [5, 5.41) is 3.41. The number of halogens is 1. The quantitative estimate of drug-likeness (QED) is 0.504. The molecule has 3 rings (SSSR count). The molecule has 1 N–H and O–H groups in total. The molecular weight excluding hydrogens is 450 g/mol. The first-order chi connectivity index (χ1) is 16.3. The van der Waals surface area contributed by atoms with Gasteiger partial charge in [0.1, 0.15) is 5.75 Å². The van der Waals surface area contributed by atoms with E-state index in [1.165, 1.54) is 5.56 Å². The molecule has 184 valence electrons. The van der Waals surface area contributed by atoms with E-state index in [-0.39, 0.29) is 18.4 Å². The maximum absolute atomic E-state index is 12.4. The molecule has 34 heavy (non-hydrogen) atoms. The number of ether oxygens (including phenoxy) is 1. The first-order valence-corrected chi connectivity index (χ1v) is 12.5. The molecule has 0 bridgehead atoms. The van der Waals surface area contributed by atoms with Gasteiger partial charge in [-0.05, 0) is 54.2 Å². The molecule has 2 aromatic rings. The average Bonchev–Trinajstić information content (AvgIpc) is 2.82. The minimum atomic E-state index is -0.243. The fourth-order valence-corrected chi connectivity index (χ4v) is 4.29. The lowest BCUT2D eigenvalue weighted by Crippen LogP contribution is -2.49. The zero-order valence-corrected chi connectivity index (χ0v) is 21.4. The lowest BCUT2D eigenvalue weighted by molar-refractivity contribution is -0.132. The van der Waals surface area contributed by atoms with Crippen LogP contribution in [-0.4, -0.2) is 49.5 Å². The third kappa shape index (κ3) is 7.13. The summed E-state index contributed by atoms with van der Waals surface area (Å²) in [6, 6.07) is 13.4. The van der Waals surface area contributed by atoms with Crippen molar-refractivity contribution in [3.63, 3.8) is 0 Å². The molecule has 1 aliphatic rings. The Kier molecular flexibility index (Phi) is 9.22. The molecule has 0 aliphatic carbocycles. The van der Waals surface area contributed by atoms with Gasteiger partial charge >= 0.3 is 0 Å². The fraction of sp³-hybridized carbons (Fsp3) is 0.481. The Morgan fingerprint density at radius 3 is 2.29 bits per heavy atom. The summed E-state index contributed by atoms with van der Waals surface area (Å²) < 4.78 is 5.63. The Labute approximate surface area is 208 Å². The van der Waals surface area contributed by atoms with Crippen molar-refractivity contribution >= 4 is 34.8 Å². The van der Waals surface area contributed by atoms with Crippen LogP contribution in [0, 0.1) is 5.92 Å². The van der Waals surface area contributed by atoms with Crippen molar-refractivity contribution in [3.05, 3.63) is 53.1 Å². The Bertz CT molecular complexity index is 970. The largest absolute Gasteiger partial charge is 0.484 e. The van der Waals surface area contributed by atoms with Crippen LogP contribution in [0.25, 0.3) is 0 Å². The molecule has 1 aliphatic heterocycles. The molecule has 0 unspecified atom stereocenters. The second kappa shape index (κ2) is 12.1. The number of nitrogens with one attached hydrogen (secondary N) is 1. The zero-order valence-electron chi connectivity index (χ0n) is 20.6. The van der Waals surface area contributed by atoms with Gasteiger partial charge in [0.2, 0.25) is 5.91 Å². The molecule has 1 fully saturated rings. The maximum Gasteiger partial charge on any atom is 0.262 e. The summed E-state index contributed by atoms with van der Waals surface area (Å²) in [6.45, 7) is 11.2. The van der Waals surface area contributed by atoms with Gasteiger partial charge in [-0.1, -0.05) is 51.4 Å². The van der Waals surface area contributed by atoms with E-state index in [0.29, 0.717) is 47.8 Å². The molecule has 2 amide bonds. The van der Waals surface area contributed by atoms with Crippen LogP contribution in [0.5, 0.6) is 5.75 Å². The number of rotatable bonds is 9. The van der Waals surface area contributed by atoms with Crippen LogP contribution in [0.2, 0.25) is 5.02 Å². The topological polar surface area (TPSA) is 61.9 Å². The van der Waals surface area contributed by atoms with E-state index < -0.39 is 0 Å². The lowest BCUT2D eigenvalue weighted by Gasteiger charge is -2.36. The van der Waals surface area contributed by atoms with Gasteiger partial charge in [-0.15, -0.1) is 0 Å². The minimum absolute atomic E-state index is 0.0750. The van der Waals surface area contributed by atoms with Crippen LogP contribution in [-0.2, 0) is 9.59 Å². The molecule has 0 saturated carbocycles. The van der Waals surface area contributed by atoms with Crippen molar-refractivity contribution in [1.82, 2.24) is 4.90 Å². The van der Waals surface area contributed by atoms with E-state index in [2.05, 4.69) is 37.9 Å². The predicted octanol–water partition coefficient (Wildman–Crippen LogP) is 5.57. The highest BCUT2D eigenvalue weighted by Crippen LogP contribution is 2.30. The van der Waals surface area contributed by atoms with E-state index in [1.807, 2.05) is 41.3 Å². The van der Waals surface area contributed by atoms with Crippen LogP contribution in [0.1, 0.15) is 52.0 Å². The fourth-order valence-electron chi connectivity index (χ4n) is 3.99. The van der Waals surface area contributed by atoms with E-state index >= 15 is 0 Å². The summed E-state index contributed by atoms with van der Waals surface area (Å²) in [5.41, 5.74) is 2.80. The average molecular weight is 486 g/mol. The summed E-state index contributed by atoms with van der Waals surface area (Å²) >= 11 is 6.53. The van der Waals surface area contributed by atoms with Gasteiger partial charge < -0.3 is 19.9 Å². The smallest absolute Gasteiger partial charge is 0.262 e. The number of amides is 2. The SMILES string of the molecule is CC[C@H](C)c1ccc(OCC(=O)Nc2ccc(N3CCN(C(=O)CC(C)C)CC3)c(Cl)c2)cc1.